The number of thiophene rings is 1. The molecule has 3 nitrogen and oxygen atoms in total. The van der Waals surface area contributed by atoms with Crippen LogP contribution in [0.3, 0.4) is 0 Å². The number of anilines is 1. The highest BCUT2D eigenvalue weighted by Crippen LogP contribution is 2.31. The van der Waals surface area contributed by atoms with Crippen LogP contribution in [0.1, 0.15) is 32.1 Å². The highest BCUT2D eigenvalue weighted by molar-refractivity contribution is 7.14. The summed E-state index contributed by atoms with van der Waals surface area (Å²) in [6.45, 7) is 1.79. The molecule has 1 amide bonds. The van der Waals surface area contributed by atoms with E-state index in [1.165, 1.54) is 16.9 Å². The quantitative estimate of drug-likeness (QED) is 0.879. The second-order valence-corrected chi connectivity index (χ2v) is 5.95. The Kier molecular flexibility index (Phi) is 3.03. The maximum Gasteiger partial charge on any atom is 0.265 e. The molecule has 0 bridgehead atoms. The van der Waals surface area contributed by atoms with Gasteiger partial charge in [0.15, 0.2) is 0 Å². The number of phenols is 1. The number of rotatable bonds is 2. The smallest absolute Gasteiger partial charge is 0.265 e. The number of aromatic hydroxyl groups is 1. The number of phenolic OH excluding ortho intramolecular Hbond substituents is 1. The van der Waals surface area contributed by atoms with Gasteiger partial charge in [-0.3, -0.25) is 4.79 Å². The number of carbonyl (C=O) groups excluding carboxylic acids is 1. The summed E-state index contributed by atoms with van der Waals surface area (Å²) < 4.78 is 0. The zero-order valence-electron chi connectivity index (χ0n) is 10.7. The molecule has 4 heteroatoms. The maximum absolute atomic E-state index is 12.2. The largest absolute Gasteiger partial charge is 0.508 e. The fourth-order valence-corrected chi connectivity index (χ4v) is 3.53. The molecule has 3 rings (SSSR count). The van der Waals surface area contributed by atoms with Crippen molar-refractivity contribution in [2.75, 3.05) is 5.32 Å². The normalized spacial score (nSPS) is 13.3. The van der Waals surface area contributed by atoms with Gasteiger partial charge >= 0.3 is 0 Å². The first-order valence-electron chi connectivity index (χ1n) is 6.36. The van der Waals surface area contributed by atoms with Gasteiger partial charge in [-0.05, 0) is 49.9 Å². The van der Waals surface area contributed by atoms with Crippen LogP contribution in [0.25, 0.3) is 0 Å². The minimum absolute atomic E-state index is 0.0897. The van der Waals surface area contributed by atoms with Crippen LogP contribution < -0.4 is 5.32 Å². The first kappa shape index (κ1) is 12.2. The van der Waals surface area contributed by atoms with Crippen molar-refractivity contribution in [1.82, 2.24) is 0 Å². The molecule has 0 saturated heterocycles. The van der Waals surface area contributed by atoms with Crippen LogP contribution in [-0.4, -0.2) is 11.0 Å². The minimum Gasteiger partial charge on any atom is -0.508 e. The summed E-state index contributed by atoms with van der Waals surface area (Å²) in [5, 5.41) is 12.5. The second-order valence-electron chi connectivity index (χ2n) is 4.82. The second kappa shape index (κ2) is 4.70. The number of hydrogen-bond donors (Lipinski definition) is 2. The minimum atomic E-state index is -0.0897. The van der Waals surface area contributed by atoms with Crippen LogP contribution in [0.2, 0.25) is 0 Å². The fraction of sp³-hybridized carbons (Fsp3) is 0.267. The van der Waals surface area contributed by atoms with E-state index in [-0.39, 0.29) is 11.7 Å². The van der Waals surface area contributed by atoms with Gasteiger partial charge in [0.25, 0.3) is 5.91 Å². The SMILES string of the molecule is Cc1c(O)cccc1NC(=O)c1cc2c(s1)CCC2. The van der Waals surface area contributed by atoms with Crippen LogP contribution in [0, 0.1) is 6.92 Å². The molecule has 2 aromatic rings. The van der Waals surface area contributed by atoms with E-state index >= 15 is 0 Å². The Morgan fingerprint density at radius 1 is 1.37 bits per heavy atom. The third-order valence-corrected chi connectivity index (χ3v) is 4.76. The molecule has 0 fully saturated rings. The van der Waals surface area contributed by atoms with E-state index in [1.54, 1.807) is 36.5 Å². The van der Waals surface area contributed by atoms with Gasteiger partial charge in [-0.25, -0.2) is 0 Å². The van der Waals surface area contributed by atoms with Gasteiger partial charge in [0, 0.05) is 16.1 Å². The summed E-state index contributed by atoms with van der Waals surface area (Å²) in [4.78, 5) is 14.3. The Hall–Kier alpha value is -1.81. The van der Waals surface area contributed by atoms with Crippen molar-refractivity contribution in [3.05, 3.63) is 45.1 Å². The standard InChI is InChI=1S/C15H15NO2S/c1-9-11(5-3-6-12(9)17)16-15(18)14-8-10-4-2-7-13(10)19-14/h3,5-6,8,17H,2,4,7H2,1H3,(H,16,18). The maximum atomic E-state index is 12.2. The van der Waals surface area contributed by atoms with Gasteiger partial charge in [-0.15, -0.1) is 11.3 Å². The Morgan fingerprint density at radius 2 is 2.21 bits per heavy atom. The van der Waals surface area contributed by atoms with E-state index in [1.807, 2.05) is 6.07 Å². The van der Waals surface area contributed by atoms with Crippen LogP contribution in [0.15, 0.2) is 24.3 Å². The van der Waals surface area contributed by atoms with Crippen molar-refractivity contribution < 1.29 is 9.90 Å². The average Bonchev–Trinajstić information content (AvgIpc) is 2.95. The molecule has 0 spiro atoms. The molecule has 0 aliphatic heterocycles. The lowest BCUT2D eigenvalue weighted by Gasteiger charge is -2.08. The molecule has 1 aliphatic carbocycles. The molecule has 0 saturated carbocycles. The lowest BCUT2D eigenvalue weighted by molar-refractivity contribution is 0.103. The molecular weight excluding hydrogens is 258 g/mol. The van der Waals surface area contributed by atoms with Gasteiger partial charge in [-0.2, -0.15) is 0 Å². The van der Waals surface area contributed by atoms with Gasteiger partial charge in [0.2, 0.25) is 0 Å². The molecule has 0 unspecified atom stereocenters. The van der Waals surface area contributed by atoms with Crippen molar-refractivity contribution in [1.29, 1.82) is 0 Å². The van der Waals surface area contributed by atoms with Crippen molar-refractivity contribution in [3.63, 3.8) is 0 Å². The lowest BCUT2D eigenvalue weighted by Crippen LogP contribution is -2.11. The number of hydrogen-bond acceptors (Lipinski definition) is 3. The zero-order valence-corrected chi connectivity index (χ0v) is 11.5. The summed E-state index contributed by atoms with van der Waals surface area (Å²) >= 11 is 1.58. The van der Waals surface area contributed by atoms with Crippen molar-refractivity contribution in [3.8, 4) is 5.75 Å². The fourth-order valence-electron chi connectivity index (χ4n) is 2.38. The Bertz CT molecular complexity index is 624. The number of nitrogens with one attached hydrogen (secondary N) is 1. The predicted octanol–water partition coefficient (Wildman–Crippen LogP) is 3.50. The van der Waals surface area contributed by atoms with Crippen LogP contribution in [0.5, 0.6) is 5.75 Å². The predicted molar refractivity (Wildman–Crippen MR) is 77.1 cm³/mol. The number of aryl methyl sites for hydroxylation is 2. The molecule has 19 heavy (non-hydrogen) atoms. The van der Waals surface area contributed by atoms with Gasteiger partial charge in [-0.1, -0.05) is 6.07 Å². The van der Waals surface area contributed by atoms with Gasteiger partial charge < -0.3 is 10.4 Å². The van der Waals surface area contributed by atoms with Crippen molar-refractivity contribution in [2.24, 2.45) is 0 Å². The number of amides is 1. The Morgan fingerprint density at radius 3 is 3.00 bits per heavy atom. The van der Waals surface area contributed by atoms with E-state index in [4.69, 9.17) is 0 Å². The Labute approximate surface area is 115 Å². The third kappa shape index (κ3) is 2.24. The van der Waals surface area contributed by atoms with Crippen molar-refractivity contribution >= 4 is 22.9 Å². The van der Waals surface area contributed by atoms with Crippen molar-refractivity contribution in [2.45, 2.75) is 26.2 Å². The molecule has 98 valence electrons. The summed E-state index contributed by atoms with van der Waals surface area (Å²) in [5.74, 6) is 0.111. The van der Waals surface area contributed by atoms with E-state index in [9.17, 15) is 9.90 Å². The third-order valence-electron chi connectivity index (χ3n) is 3.52. The van der Waals surface area contributed by atoms with Gasteiger partial charge in [0.05, 0.1) is 4.88 Å². The van der Waals surface area contributed by atoms with Crippen LogP contribution >= 0.6 is 11.3 Å². The van der Waals surface area contributed by atoms with Gasteiger partial charge in [0.1, 0.15) is 5.75 Å². The molecule has 1 heterocycles. The van der Waals surface area contributed by atoms with E-state index in [2.05, 4.69) is 5.32 Å². The number of fused-ring (bicyclic) bond motifs is 1. The summed E-state index contributed by atoms with van der Waals surface area (Å²) in [5.41, 5.74) is 2.68. The molecule has 1 aromatic carbocycles. The Balaban J connectivity index is 1.82. The van der Waals surface area contributed by atoms with E-state index in [0.29, 0.717) is 11.3 Å². The first-order valence-corrected chi connectivity index (χ1v) is 7.18. The first-order chi connectivity index (χ1) is 9.15. The highest BCUT2D eigenvalue weighted by Gasteiger charge is 2.19. The molecule has 1 aliphatic rings. The lowest BCUT2D eigenvalue weighted by atomic mass is 10.2. The molecule has 2 N–H and O–H groups in total. The monoisotopic (exact) mass is 273 g/mol. The van der Waals surface area contributed by atoms with Crippen LogP contribution in [-0.2, 0) is 12.8 Å². The molecule has 0 atom stereocenters. The van der Waals surface area contributed by atoms with E-state index < -0.39 is 0 Å². The molecule has 1 aromatic heterocycles. The van der Waals surface area contributed by atoms with E-state index in [0.717, 1.165) is 17.7 Å². The number of carbonyl (C=O) groups is 1. The number of benzene rings is 1. The summed E-state index contributed by atoms with van der Waals surface area (Å²) in [7, 11) is 0. The summed E-state index contributed by atoms with van der Waals surface area (Å²) in [6.07, 6.45) is 3.39. The average molecular weight is 273 g/mol. The molecule has 0 radical (unpaired) electrons. The topological polar surface area (TPSA) is 49.3 Å². The zero-order chi connectivity index (χ0) is 13.4. The van der Waals surface area contributed by atoms with Crippen LogP contribution in [0.4, 0.5) is 5.69 Å². The molecular formula is C15H15NO2S. The summed E-state index contributed by atoms with van der Waals surface area (Å²) in [6, 6.07) is 7.14. The highest BCUT2D eigenvalue weighted by atomic mass is 32.1.